The van der Waals surface area contributed by atoms with Crippen molar-refractivity contribution in [2.75, 3.05) is 19.8 Å². The van der Waals surface area contributed by atoms with Gasteiger partial charge in [0.15, 0.2) is 12.6 Å². The number of amides is 1. The number of aliphatic hydroxyl groups is 8. The summed E-state index contributed by atoms with van der Waals surface area (Å²) in [6.07, 6.45) is 46.2. The lowest BCUT2D eigenvalue weighted by molar-refractivity contribution is -0.359. The SMILES string of the molecule is CC/C=C\C/C=C\C/C=C\CCCCCC(=O)NC(COC1OC(CO)C(OC2OC(CO)C(O)C(O)C2O)C(O)C1O)C(O)CCCCCCCCCCCCCCCCCCCCCCCCCCCCCCCCCC. The maximum Gasteiger partial charge on any atom is 0.220 e. The van der Waals surface area contributed by atoms with Gasteiger partial charge in [0.05, 0.1) is 32.0 Å². The molecule has 2 fully saturated rings. The zero-order valence-electron chi connectivity index (χ0n) is 50.1. The molecule has 0 radical (unpaired) electrons. The van der Waals surface area contributed by atoms with Crippen LogP contribution in [0.5, 0.6) is 0 Å². The van der Waals surface area contributed by atoms with Gasteiger partial charge in [-0.3, -0.25) is 4.79 Å². The molecule has 14 heteroatoms. The number of rotatable bonds is 53. The van der Waals surface area contributed by atoms with Crippen molar-refractivity contribution in [3.8, 4) is 0 Å². The molecule has 464 valence electrons. The zero-order chi connectivity index (χ0) is 57.4. The Labute approximate surface area is 481 Å². The van der Waals surface area contributed by atoms with Crippen LogP contribution in [0.1, 0.15) is 277 Å². The fourth-order valence-corrected chi connectivity index (χ4v) is 10.9. The number of unbranched alkanes of at least 4 members (excludes halogenated alkanes) is 34. The number of allylic oxidation sites excluding steroid dienone is 6. The summed E-state index contributed by atoms with van der Waals surface area (Å²) >= 11 is 0. The van der Waals surface area contributed by atoms with Crippen LogP contribution in [0.2, 0.25) is 0 Å². The number of hydrogen-bond donors (Lipinski definition) is 9. The molecular formula is C65H121NO13. The topological polar surface area (TPSA) is 228 Å². The second-order valence-corrected chi connectivity index (χ2v) is 23.2. The summed E-state index contributed by atoms with van der Waals surface area (Å²) < 4.78 is 22.8. The molecule has 12 unspecified atom stereocenters. The summed E-state index contributed by atoms with van der Waals surface area (Å²) in [4.78, 5) is 13.2. The fourth-order valence-electron chi connectivity index (χ4n) is 10.9. The van der Waals surface area contributed by atoms with Gasteiger partial charge in [0, 0.05) is 6.42 Å². The summed E-state index contributed by atoms with van der Waals surface area (Å²) in [7, 11) is 0. The monoisotopic (exact) mass is 1120 g/mol. The van der Waals surface area contributed by atoms with E-state index in [1.165, 1.54) is 180 Å². The van der Waals surface area contributed by atoms with Gasteiger partial charge in [-0.25, -0.2) is 0 Å². The van der Waals surface area contributed by atoms with Gasteiger partial charge in [0.1, 0.15) is 48.8 Å². The van der Waals surface area contributed by atoms with E-state index in [1.54, 1.807) is 0 Å². The molecular weight excluding hydrogens is 1000 g/mol. The minimum atomic E-state index is -1.79. The van der Waals surface area contributed by atoms with Crippen molar-refractivity contribution in [1.29, 1.82) is 0 Å². The van der Waals surface area contributed by atoms with Crippen molar-refractivity contribution >= 4 is 5.91 Å². The van der Waals surface area contributed by atoms with E-state index in [0.717, 1.165) is 64.2 Å². The van der Waals surface area contributed by atoms with Gasteiger partial charge in [-0.1, -0.05) is 262 Å². The Morgan fingerprint density at radius 1 is 0.468 bits per heavy atom. The Morgan fingerprint density at radius 2 is 0.873 bits per heavy atom. The fraction of sp³-hybridized carbons (Fsp3) is 0.892. The second kappa shape index (κ2) is 50.7. The maximum absolute atomic E-state index is 13.2. The highest BCUT2D eigenvalue weighted by Gasteiger charge is 2.51. The van der Waals surface area contributed by atoms with Crippen molar-refractivity contribution in [2.24, 2.45) is 0 Å². The van der Waals surface area contributed by atoms with Gasteiger partial charge in [-0.2, -0.15) is 0 Å². The van der Waals surface area contributed by atoms with Crippen LogP contribution in [-0.2, 0) is 23.7 Å². The molecule has 0 aromatic carbocycles. The van der Waals surface area contributed by atoms with Crippen LogP contribution in [0.4, 0.5) is 0 Å². The molecule has 0 aromatic heterocycles. The first-order chi connectivity index (χ1) is 38.6. The standard InChI is InChI=1S/C65H121NO13/c1-3-5-7-9-11-13-15-17-18-19-20-21-22-23-24-25-26-27-28-29-30-31-32-33-34-35-37-38-40-42-44-46-48-54(69)53(66-57(70)49-47-45-43-41-39-36-16-14-12-10-8-6-4-2)52-76-64-62(75)60(73)63(56(51-68)78-64)79-65-61(74)59(72)58(71)55(50-67)77-65/h6,8,12,14,36,39,53-56,58-65,67-69,71-75H,3-5,7,9-11,13,15-35,37-38,40-52H2,1-2H3,(H,66,70)/b8-6-,14-12-,39-36-. The van der Waals surface area contributed by atoms with Crippen LogP contribution in [0.25, 0.3) is 0 Å². The summed E-state index contributed by atoms with van der Waals surface area (Å²) in [5.74, 6) is -0.233. The van der Waals surface area contributed by atoms with Gasteiger partial charge >= 0.3 is 0 Å². The van der Waals surface area contributed by atoms with E-state index >= 15 is 0 Å². The van der Waals surface area contributed by atoms with Crippen molar-refractivity contribution < 1.29 is 64.6 Å². The smallest absolute Gasteiger partial charge is 0.220 e. The Hall–Kier alpha value is -1.79. The van der Waals surface area contributed by atoms with E-state index < -0.39 is 86.8 Å². The molecule has 0 bridgehead atoms. The molecule has 0 saturated carbocycles. The number of aliphatic hydroxyl groups excluding tert-OH is 8. The maximum atomic E-state index is 13.2. The lowest BCUT2D eigenvalue weighted by Gasteiger charge is -2.46. The Kier molecular flexibility index (Phi) is 47.0. The first-order valence-corrected chi connectivity index (χ1v) is 32.7. The minimum absolute atomic E-state index is 0.233. The third-order valence-electron chi connectivity index (χ3n) is 16.1. The van der Waals surface area contributed by atoms with E-state index in [1.807, 2.05) is 0 Å². The average molecular weight is 1120 g/mol. The molecule has 2 heterocycles. The van der Waals surface area contributed by atoms with Crippen LogP contribution >= 0.6 is 0 Å². The molecule has 2 saturated heterocycles. The highest BCUT2D eigenvalue weighted by atomic mass is 16.7. The average Bonchev–Trinajstić information content (AvgIpc) is 3.45. The summed E-state index contributed by atoms with van der Waals surface area (Å²) in [5, 5.41) is 87.3. The summed E-state index contributed by atoms with van der Waals surface area (Å²) in [6, 6.07) is -0.844. The molecule has 0 spiro atoms. The van der Waals surface area contributed by atoms with Crippen LogP contribution in [0.15, 0.2) is 36.5 Å². The third kappa shape index (κ3) is 35.8. The Morgan fingerprint density at radius 3 is 1.33 bits per heavy atom. The van der Waals surface area contributed by atoms with Crippen molar-refractivity contribution in [2.45, 2.75) is 351 Å². The third-order valence-corrected chi connectivity index (χ3v) is 16.1. The predicted octanol–water partition coefficient (Wildman–Crippen LogP) is 12.2. The predicted molar refractivity (Wildman–Crippen MR) is 318 cm³/mol. The lowest BCUT2D eigenvalue weighted by Crippen LogP contribution is -2.65. The van der Waals surface area contributed by atoms with E-state index in [4.69, 9.17) is 18.9 Å². The van der Waals surface area contributed by atoms with Crippen molar-refractivity contribution in [3.63, 3.8) is 0 Å². The summed E-state index contributed by atoms with van der Waals surface area (Å²) in [6.45, 7) is 2.75. The summed E-state index contributed by atoms with van der Waals surface area (Å²) in [5.41, 5.74) is 0. The van der Waals surface area contributed by atoms with Crippen molar-refractivity contribution in [3.05, 3.63) is 36.5 Å². The van der Waals surface area contributed by atoms with Gasteiger partial charge in [-0.15, -0.1) is 0 Å². The minimum Gasteiger partial charge on any atom is -0.394 e. The first kappa shape index (κ1) is 73.3. The molecule has 2 rings (SSSR count). The van der Waals surface area contributed by atoms with Crippen molar-refractivity contribution in [1.82, 2.24) is 5.32 Å². The van der Waals surface area contributed by atoms with E-state index in [9.17, 15) is 45.6 Å². The van der Waals surface area contributed by atoms with Crippen LogP contribution < -0.4 is 5.32 Å². The number of nitrogens with one attached hydrogen (secondary N) is 1. The van der Waals surface area contributed by atoms with Crippen LogP contribution in [0.3, 0.4) is 0 Å². The van der Waals surface area contributed by atoms with Gasteiger partial charge in [0.25, 0.3) is 0 Å². The largest absolute Gasteiger partial charge is 0.394 e. The number of carbonyl (C=O) groups excluding carboxylic acids is 1. The number of hydrogen-bond acceptors (Lipinski definition) is 13. The van der Waals surface area contributed by atoms with E-state index in [0.29, 0.717) is 12.8 Å². The van der Waals surface area contributed by atoms with Gasteiger partial charge in [-0.05, 0) is 44.9 Å². The Balaban J connectivity index is 1.63. The van der Waals surface area contributed by atoms with Gasteiger partial charge < -0.3 is 65.1 Å². The lowest BCUT2D eigenvalue weighted by atomic mass is 9.97. The van der Waals surface area contributed by atoms with Crippen LogP contribution in [0, 0.1) is 0 Å². The number of ether oxygens (including phenoxy) is 4. The quantitative estimate of drug-likeness (QED) is 0.0204. The molecule has 12 atom stereocenters. The first-order valence-electron chi connectivity index (χ1n) is 32.7. The molecule has 79 heavy (non-hydrogen) atoms. The molecule has 14 nitrogen and oxygen atoms in total. The van der Waals surface area contributed by atoms with E-state index in [2.05, 4.69) is 55.6 Å². The molecule has 0 aromatic rings. The molecule has 9 N–H and O–H groups in total. The number of carbonyl (C=O) groups is 1. The van der Waals surface area contributed by atoms with Crippen LogP contribution in [-0.4, -0.2) is 140 Å². The molecule has 2 aliphatic rings. The zero-order valence-corrected chi connectivity index (χ0v) is 50.1. The highest BCUT2D eigenvalue weighted by Crippen LogP contribution is 2.30. The molecule has 2 aliphatic heterocycles. The van der Waals surface area contributed by atoms with E-state index in [-0.39, 0.29) is 18.9 Å². The second-order valence-electron chi connectivity index (χ2n) is 23.2. The Bertz CT molecular complexity index is 1460. The molecule has 1 amide bonds. The van der Waals surface area contributed by atoms with Gasteiger partial charge in [0.2, 0.25) is 5.91 Å². The molecule has 0 aliphatic carbocycles. The highest BCUT2D eigenvalue weighted by molar-refractivity contribution is 5.76. The normalized spacial score (nSPS) is 24.6.